The zero-order valence-electron chi connectivity index (χ0n) is 13.2. The van der Waals surface area contributed by atoms with Gasteiger partial charge in [0, 0.05) is 18.1 Å². The summed E-state index contributed by atoms with van der Waals surface area (Å²) >= 11 is 0. The van der Waals surface area contributed by atoms with Crippen LogP contribution in [0.5, 0.6) is 0 Å². The molecule has 0 amide bonds. The lowest BCUT2D eigenvalue weighted by atomic mass is 9.90. The monoisotopic (exact) mass is 266 g/mol. The van der Waals surface area contributed by atoms with E-state index in [2.05, 4.69) is 24.1 Å². The molecule has 0 aliphatic heterocycles. The van der Waals surface area contributed by atoms with Gasteiger partial charge in [-0.25, -0.2) is 0 Å². The van der Waals surface area contributed by atoms with E-state index in [4.69, 9.17) is 0 Å². The predicted molar refractivity (Wildman–Crippen MR) is 83.6 cm³/mol. The first kappa shape index (κ1) is 15.3. The van der Waals surface area contributed by atoms with Crippen molar-refractivity contribution in [3.05, 3.63) is 0 Å². The van der Waals surface area contributed by atoms with Crippen LogP contribution in [0.4, 0.5) is 0 Å². The van der Waals surface area contributed by atoms with Crippen molar-refractivity contribution in [3.63, 3.8) is 0 Å². The van der Waals surface area contributed by atoms with Crippen LogP contribution in [-0.2, 0) is 0 Å². The molecule has 0 bridgehead atoms. The summed E-state index contributed by atoms with van der Waals surface area (Å²) in [4.78, 5) is 2.87. The maximum Gasteiger partial charge on any atom is 0.0252 e. The minimum Gasteiger partial charge on any atom is -0.313 e. The Morgan fingerprint density at radius 2 is 1.47 bits per heavy atom. The van der Waals surface area contributed by atoms with Crippen LogP contribution in [0.15, 0.2) is 0 Å². The summed E-state index contributed by atoms with van der Waals surface area (Å²) in [5.74, 6) is 0. The fourth-order valence-electron chi connectivity index (χ4n) is 4.36. The maximum absolute atomic E-state index is 3.80. The molecule has 0 aromatic rings. The van der Waals surface area contributed by atoms with Gasteiger partial charge in [-0.3, -0.25) is 4.90 Å². The molecule has 0 spiro atoms. The summed E-state index contributed by atoms with van der Waals surface area (Å²) in [7, 11) is 0. The Bertz CT molecular complexity index is 235. The molecule has 2 heteroatoms. The summed E-state index contributed by atoms with van der Waals surface area (Å²) in [5.41, 5.74) is 0. The van der Waals surface area contributed by atoms with Crippen LogP contribution in [0.2, 0.25) is 0 Å². The van der Waals surface area contributed by atoms with Gasteiger partial charge < -0.3 is 5.32 Å². The molecule has 0 aromatic heterocycles. The Balaban J connectivity index is 2.04. The van der Waals surface area contributed by atoms with Crippen molar-refractivity contribution in [1.82, 2.24) is 10.2 Å². The zero-order chi connectivity index (χ0) is 13.5. The van der Waals surface area contributed by atoms with Crippen molar-refractivity contribution in [2.45, 2.75) is 96.2 Å². The largest absolute Gasteiger partial charge is 0.313 e. The number of nitrogens with one attached hydrogen (secondary N) is 1. The summed E-state index contributed by atoms with van der Waals surface area (Å²) in [6, 6.07) is 2.43. The molecular weight excluding hydrogens is 232 g/mol. The third kappa shape index (κ3) is 4.19. The first-order valence-electron chi connectivity index (χ1n) is 8.86. The van der Waals surface area contributed by atoms with E-state index in [1.807, 2.05) is 0 Å². The van der Waals surface area contributed by atoms with Crippen LogP contribution in [-0.4, -0.2) is 36.1 Å². The molecule has 0 saturated heterocycles. The van der Waals surface area contributed by atoms with Gasteiger partial charge in [-0.15, -0.1) is 0 Å². The van der Waals surface area contributed by atoms with Crippen molar-refractivity contribution >= 4 is 0 Å². The lowest BCUT2D eigenvalue weighted by Crippen LogP contribution is -2.53. The van der Waals surface area contributed by atoms with E-state index >= 15 is 0 Å². The summed E-state index contributed by atoms with van der Waals surface area (Å²) in [6.45, 7) is 7.02. The van der Waals surface area contributed by atoms with Gasteiger partial charge in [-0.05, 0) is 38.8 Å². The quantitative estimate of drug-likeness (QED) is 0.810. The smallest absolute Gasteiger partial charge is 0.0252 e. The van der Waals surface area contributed by atoms with Crippen LogP contribution in [0.1, 0.15) is 78.1 Å². The van der Waals surface area contributed by atoms with Gasteiger partial charge in [0.2, 0.25) is 0 Å². The van der Waals surface area contributed by atoms with Crippen LogP contribution in [0.3, 0.4) is 0 Å². The summed E-state index contributed by atoms with van der Waals surface area (Å²) < 4.78 is 0. The Kier molecular flexibility index (Phi) is 6.66. The van der Waals surface area contributed by atoms with Crippen LogP contribution in [0, 0.1) is 0 Å². The second-order valence-corrected chi connectivity index (χ2v) is 6.49. The van der Waals surface area contributed by atoms with Gasteiger partial charge in [0.05, 0.1) is 0 Å². The Hall–Kier alpha value is -0.0800. The molecule has 2 unspecified atom stereocenters. The van der Waals surface area contributed by atoms with Crippen LogP contribution >= 0.6 is 0 Å². The molecule has 19 heavy (non-hydrogen) atoms. The number of hydrogen-bond acceptors (Lipinski definition) is 2. The molecule has 1 N–H and O–H groups in total. The molecular formula is C17H34N2. The lowest BCUT2D eigenvalue weighted by Gasteiger charge is -2.41. The fourth-order valence-corrected chi connectivity index (χ4v) is 4.36. The average molecular weight is 266 g/mol. The highest BCUT2D eigenvalue weighted by molar-refractivity contribution is 4.90. The second-order valence-electron chi connectivity index (χ2n) is 6.49. The number of rotatable bonds is 5. The van der Waals surface area contributed by atoms with Gasteiger partial charge in [-0.2, -0.15) is 0 Å². The number of nitrogens with zero attached hydrogens (tertiary/aromatic N) is 1. The SMILES string of the molecule is CCNC1CCCCCCC1N(CC)C1CCCC1. The molecule has 2 nitrogen and oxygen atoms in total. The van der Waals surface area contributed by atoms with E-state index in [0.717, 1.165) is 24.7 Å². The molecule has 2 aliphatic rings. The Labute approximate surface area is 120 Å². The topological polar surface area (TPSA) is 15.3 Å². The summed E-state index contributed by atoms with van der Waals surface area (Å²) in [5, 5.41) is 3.80. The lowest BCUT2D eigenvalue weighted by molar-refractivity contribution is 0.0952. The van der Waals surface area contributed by atoms with Crippen molar-refractivity contribution in [2.24, 2.45) is 0 Å². The summed E-state index contributed by atoms with van der Waals surface area (Å²) in [6.07, 6.45) is 14.4. The van der Waals surface area contributed by atoms with Gasteiger partial charge in [0.15, 0.2) is 0 Å². The van der Waals surface area contributed by atoms with Gasteiger partial charge >= 0.3 is 0 Å². The third-order valence-electron chi connectivity index (χ3n) is 5.28. The van der Waals surface area contributed by atoms with Crippen molar-refractivity contribution in [3.8, 4) is 0 Å². The molecule has 0 aromatic carbocycles. The standard InChI is InChI=1S/C17H34N2/c1-3-18-16-13-7-5-6-8-14-17(16)19(4-2)15-11-9-10-12-15/h15-18H,3-14H2,1-2H3. The van der Waals surface area contributed by atoms with Crippen LogP contribution < -0.4 is 5.32 Å². The van der Waals surface area contributed by atoms with Crippen molar-refractivity contribution in [1.29, 1.82) is 0 Å². The minimum absolute atomic E-state index is 0.742. The molecule has 2 saturated carbocycles. The highest BCUT2D eigenvalue weighted by atomic mass is 15.2. The Morgan fingerprint density at radius 3 is 2.11 bits per heavy atom. The maximum atomic E-state index is 3.80. The molecule has 2 atom stereocenters. The van der Waals surface area contributed by atoms with E-state index in [9.17, 15) is 0 Å². The van der Waals surface area contributed by atoms with Gasteiger partial charge in [0.1, 0.15) is 0 Å². The molecule has 2 rings (SSSR count). The average Bonchev–Trinajstić information content (AvgIpc) is 2.91. The molecule has 0 radical (unpaired) electrons. The van der Waals surface area contributed by atoms with E-state index in [-0.39, 0.29) is 0 Å². The van der Waals surface area contributed by atoms with E-state index < -0.39 is 0 Å². The molecule has 112 valence electrons. The molecule has 0 heterocycles. The fraction of sp³-hybridized carbons (Fsp3) is 1.00. The zero-order valence-corrected chi connectivity index (χ0v) is 13.2. The highest BCUT2D eigenvalue weighted by Gasteiger charge is 2.32. The normalized spacial score (nSPS) is 30.5. The highest BCUT2D eigenvalue weighted by Crippen LogP contribution is 2.29. The van der Waals surface area contributed by atoms with Gasteiger partial charge in [-0.1, -0.05) is 52.4 Å². The van der Waals surface area contributed by atoms with E-state index in [0.29, 0.717) is 0 Å². The first-order valence-corrected chi connectivity index (χ1v) is 8.86. The van der Waals surface area contributed by atoms with Crippen LogP contribution in [0.25, 0.3) is 0 Å². The third-order valence-corrected chi connectivity index (χ3v) is 5.28. The molecule has 2 fully saturated rings. The van der Waals surface area contributed by atoms with Crippen molar-refractivity contribution < 1.29 is 0 Å². The molecule has 2 aliphatic carbocycles. The Morgan fingerprint density at radius 1 is 0.842 bits per heavy atom. The minimum atomic E-state index is 0.742. The predicted octanol–water partition coefficient (Wildman–Crippen LogP) is 3.95. The second kappa shape index (κ2) is 8.26. The first-order chi connectivity index (χ1) is 9.36. The van der Waals surface area contributed by atoms with Gasteiger partial charge in [0.25, 0.3) is 0 Å². The van der Waals surface area contributed by atoms with E-state index in [1.165, 1.54) is 70.8 Å². The van der Waals surface area contributed by atoms with E-state index in [1.54, 1.807) is 0 Å². The van der Waals surface area contributed by atoms with Crippen molar-refractivity contribution in [2.75, 3.05) is 13.1 Å². The number of hydrogen-bond donors (Lipinski definition) is 1. The number of likely N-dealkylation sites (N-methyl/N-ethyl adjacent to an activating group) is 2.